The van der Waals surface area contributed by atoms with Gasteiger partial charge in [0.1, 0.15) is 11.3 Å². The number of ether oxygens (including phenoxy) is 2. The van der Waals surface area contributed by atoms with E-state index in [1.807, 2.05) is 13.0 Å². The molecular weight excluding hydrogens is 322 g/mol. The Labute approximate surface area is 143 Å². The minimum atomic E-state index is -0.645. The first kappa shape index (κ1) is 16.6. The summed E-state index contributed by atoms with van der Waals surface area (Å²) in [5, 5.41) is 10.9. The van der Waals surface area contributed by atoms with Crippen molar-refractivity contribution in [2.24, 2.45) is 0 Å². The van der Waals surface area contributed by atoms with Crippen LogP contribution in [0.2, 0.25) is 0 Å². The molecule has 0 amide bonds. The minimum absolute atomic E-state index is 0.213. The molecule has 0 saturated carbocycles. The lowest BCUT2D eigenvalue weighted by Gasteiger charge is -2.10. The molecule has 3 aromatic rings. The SMILES string of the molecule is COc1ccc(C(=O)c2c(O)c3cc(C)ccc3[nH]c2=O)cc1OC. The molecule has 0 aliphatic heterocycles. The van der Waals surface area contributed by atoms with E-state index in [-0.39, 0.29) is 16.9 Å². The average Bonchev–Trinajstić information content (AvgIpc) is 2.61. The van der Waals surface area contributed by atoms with E-state index in [0.29, 0.717) is 22.4 Å². The van der Waals surface area contributed by atoms with Crippen molar-refractivity contribution in [3.8, 4) is 17.2 Å². The first-order valence-corrected chi connectivity index (χ1v) is 7.58. The molecule has 1 aromatic heterocycles. The summed E-state index contributed by atoms with van der Waals surface area (Å²) in [6, 6.07) is 9.78. The molecule has 128 valence electrons. The summed E-state index contributed by atoms with van der Waals surface area (Å²) in [7, 11) is 2.94. The Bertz CT molecular complexity index is 1040. The molecule has 0 saturated heterocycles. The fourth-order valence-electron chi connectivity index (χ4n) is 2.72. The zero-order valence-electron chi connectivity index (χ0n) is 14.0. The van der Waals surface area contributed by atoms with E-state index in [0.717, 1.165) is 5.56 Å². The van der Waals surface area contributed by atoms with Crippen LogP contribution in [-0.4, -0.2) is 30.1 Å². The van der Waals surface area contributed by atoms with Gasteiger partial charge < -0.3 is 19.6 Å². The molecule has 1 heterocycles. The number of aromatic amines is 1. The van der Waals surface area contributed by atoms with Crippen LogP contribution in [0.5, 0.6) is 17.2 Å². The van der Waals surface area contributed by atoms with E-state index < -0.39 is 11.3 Å². The Morgan fingerprint density at radius 2 is 1.76 bits per heavy atom. The van der Waals surface area contributed by atoms with Crippen molar-refractivity contribution >= 4 is 16.7 Å². The van der Waals surface area contributed by atoms with Crippen molar-refractivity contribution in [2.45, 2.75) is 6.92 Å². The van der Waals surface area contributed by atoms with Gasteiger partial charge in [-0.1, -0.05) is 11.6 Å². The molecule has 0 spiro atoms. The van der Waals surface area contributed by atoms with Gasteiger partial charge in [0.2, 0.25) is 5.78 Å². The third-order valence-corrected chi connectivity index (χ3v) is 4.02. The summed E-state index contributed by atoms with van der Waals surface area (Å²) < 4.78 is 10.3. The first-order chi connectivity index (χ1) is 12.0. The number of H-pyrrole nitrogens is 1. The number of fused-ring (bicyclic) bond motifs is 1. The van der Waals surface area contributed by atoms with Gasteiger partial charge in [0.05, 0.1) is 19.7 Å². The van der Waals surface area contributed by atoms with Crippen molar-refractivity contribution in [1.82, 2.24) is 4.98 Å². The number of ketones is 1. The van der Waals surface area contributed by atoms with Crippen molar-refractivity contribution in [1.29, 1.82) is 0 Å². The van der Waals surface area contributed by atoms with Crippen molar-refractivity contribution in [3.05, 3.63) is 63.4 Å². The molecule has 2 N–H and O–H groups in total. The lowest BCUT2D eigenvalue weighted by atomic mass is 10.0. The molecule has 6 nitrogen and oxygen atoms in total. The fourth-order valence-corrected chi connectivity index (χ4v) is 2.72. The number of nitrogens with one attached hydrogen (secondary N) is 1. The van der Waals surface area contributed by atoms with E-state index in [1.54, 1.807) is 18.2 Å². The van der Waals surface area contributed by atoms with Gasteiger partial charge >= 0.3 is 0 Å². The van der Waals surface area contributed by atoms with E-state index in [9.17, 15) is 14.7 Å². The number of aryl methyl sites for hydroxylation is 1. The maximum Gasteiger partial charge on any atom is 0.263 e. The lowest BCUT2D eigenvalue weighted by Crippen LogP contribution is -2.19. The summed E-state index contributed by atoms with van der Waals surface area (Å²) >= 11 is 0. The van der Waals surface area contributed by atoms with Crippen LogP contribution in [0, 0.1) is 6.92 Å². The quantitative estimate of drug-likeness (QED) is 0.714. The van der Waals surface area contributed by atoms with Gasteiger partial charge in [0, 0.05) is 10.9 Å². The highest BCUT2D eigenvalue weighted by Crippen LogP contribution is 2.31. The lowest BCUT2D eigenvalue weighted by molar-refractivity contribution is 0.103. The number of pyridine rings is 1. The molecule has 6 heteroatoms. The number of carbonyl (C=O) groups excluding carboxylic acids is 1. The molecule has 0 unspecified atom stereocenters. The Balaban J connectivity index is 2.19. The number of benzene rings is 2. The predicted octanol–water partition coefficient (Wildman–Crippen LogP) is 2.79. The van der Waals surface area contributed by atoms with Crippen LogP contribution in [0.3, 0.4) is 0 Å². The summed E-state index contributed by atoms with van der Waals surface area (Å²) in [4.78, 5) is 27.8. The topological polar surface area (TPSA) is 88.6 Å². The number of carbonyl (C=O) groups is 1. The number of aromatic nitrogens is 1. The van der Waals surface area contributed by atoms with Gasteiger partial charge in [0.25, 0.3) is 5.56 Å². The molecule has 25 heavy (non-hydrogen) atoms. The number of rotatable bonds is 4. The van der Waals surface area contributed by atoms with Crippen molar-refractivity contribution in [3.63, 3.8) is 0 Å². The van der Waals surface area contributed by atoms with Gasteiger partial charge in [-0.25, -0.2) is 0 Å². The van der Waals surface area contributed by atoms with Crippen LogP contribution >= 0.6 is 0 Å². The largest absolute Gasteiger partial charge is 0.506 e. The summed E-state index contributed by atoms with van der Waals surface area (Å²) in [6.07, 6.45) is 0. The van der Waals surface area contributed by atoms with Crippen molar-refractivity contribution < 1.29 is 19.4 Å². The summed E-state index contributed by atoms with van der Waals surface area (Å²) in [5.41, 5.74) is 0.640. The zero-order valence-corrected chi connectivity index (χ0v) is 14.0. The Morgan fingerprint density at radius 1 is 1.04 bits per heavy atom. The molecule has 3 rings (SSSR count). The minimum Gasteiger partial charge on any atom is -0.506 e. The van der Waals surface area contributed by atoms with E-state index in [4.69, 9.17) is 9.47 Å². The number of hydrogen-bond donors (Lipinski definition) is 2. The third-order valence-electron chi connectivity index (χ3n) is 4.02. The van der Waals surface area contributed by atoms with E-state index >= 15 is 0 Å². The summed E-state index contributed by atoms with van der Waals surface area (Å²) in [5.74, 6) is -0.0995. The van der Waals surface area contributed by atoms with Crippen molar-refractivity contribution in [2.75, 3.05) is 14.2 Å². The fraction of sp³-hybridized carbons (Fsp3) is 0.158. The molecule has 2 aromatic carbocycles. The maximum atomic E-state index is 12.8. The maximum absolute atomic E-state index is 12.8. The Hall–Kier alpha value is -3.28. The highest BCUT2D eigenvalue weighted by atomic mass is 16.5. The highest BCUT2D eigenvalue weighted by molar-refractivity contribution is 6.13. The first-order valence-electron chi connectivity index (χ1n) is 7.58. The molecule has 0 aliphatic rings. The second-order valence-corrected chi connectivity index (χ2v) is 5.63. The van der Waals surface area contributed by atoms with Crippen LogP contribution in [0.4, 0.5) is 0 Å². The van der Waals surface area contributed by atoms with Gasteiger partial charge in [-0.3, -0.25) is 9.59 Å². The van der Waals surface area contributed by atoms with Gasteiger partial charge in [0.15, 0.2) is 11.5 Å². The average molecular weight is 339 g/mol. The molecule has 0 radical (unpaired) electrons. The zero-order chi connectivity index (χ0) is 18.1. The normalized spacial score (nSPS) is 10.7. The Kier molecular flexibility index (Phi) is 4.19. The van der Waals surface area contributed by atoms with Crippen LogP contribution in [0.25, 0.3) is 10.9 Å². The molecular formula is C19H17NO5. The molecule has 0 aliphatic carbocycles. The second-order valence-electron chi connectivity index (χ2n) is 5.63. The molecule has 0 fully saturated rings. The van der Waals surface area contributed by atoms with E-state index in [1.165, 1.54) is 26.4 Å². The van der Waals surface area contributed by atoms with Gasteiger partial charge in [-0.15, -0.1) is 0 Å². The molecule has 0 bridgehead atoms. The standard InChI is InChI=1S/C19H17NO5/c1-10-4-6-13-12(8-10)18(22)16(19(23)20-13)17(21)11-5-7-14(24-2)15(9-11)25-3/h4-9H,1-3H3,(H2,20,22,23). The Morgan fingerprint density at radius 3 is 2.44 bits per heavy atom. The van der Waals surface area contributed by atoms with E-state index in [2.05, 4.69) is 4.98 Å². The smallest absolute Gasteiger partial charge is 0.263 e. The van der Waals surface area contributed by atoms with Gasteiger partial charge in [-0.05, 0) is 37.3 Å². The summed E-state index contributed by atoms with van der Waals surface area (Å²) in [6.45, 7) is 1.86. The predicted molar refractivity (Wildman–Crippen MR) is 93.9 cm³/mol. The number of methoxy groups -OCH3 is 2. The number of hydrogen-bond acceptors (Lipinski definition) is 5. The van der Waals surface area contributed by atoms with Gasteiger partial charge in [-0.2, -0.15) is 0 Å². The highest BCUT2D eigenvalue weighted by Gasteiger charge is 2.22. The second kappa shape index (κ2) is 6.32. The molecule has 0 atom stereocenters. The van der Waals surface area contributed by atoms with Crippen LogP contribution in [-0.2, 0) is 0 Å². The third kappa shape index (κ3) is 2.82. The van der Waals surface area contributed by atoms with Crippen LogP contribution in [0.1, 0.15) is 21.5 Å². The van der Waals surface area contributed by atoms with Crippen LogP contribution < -0.4 is 15.0 Å². The number of aromatic hydroxyl groups is 1. The monoisotopic (exact) mass is 339 g/mol. The van der Waals surface area contributed by atoms with Crippen LogP contribution in [0.15, 0.2) is 41.2 Å².